The predicted molar refractivity (Wildman–Crippen MR) is 69.2 cm³/mol. The largest absolute Gasteiger partial charge is 0.339 e. The van der Waals surface area contributed by atoms with Crippen LogP contribution in [0.3, 0.4) is 0 Å². The van der Waals surface area contributed by atoms with E-state index in [0.717, 1.165) is 25.8 Å². The molecule has 2 N–H and O–H groups in total. The van der Waals surface area contributed by atoms with Crippen LogP contribution in [-0.2, 0) is 4.79 Å². The lowest BCUT2D eigenvalue weighted by Crippen LogP contribution is -2.47. The SMILES string of the molecule is C=CCC(N)C(=O)N(CCCC)C(C)CC. The van der Waals surface area contributed by atoms with Crippen LogP contribution in [0.15, 0.2) is 12.7 Å². The molecule has 94 valence electrons. The molecule has 0 aromatic heterocycles. The number of carbonyl (C=O) groups excluding carboxylic acids is 1. The van der Waals surface area contributed by atoms with Gasteiger partial charge in [-0.05, 0) is 26.2 Å². The molecule has 0 bridgehead atoms. The minimum Gasteiger partial charge on any atom is -0.339 e. The lowest BCUT2D eigenvalue weighted by molar-refractivity contribution is -0.134. The van der Waals surface area contributed by atoms with Crippen molar-refractivity contribution in [3.63, 3.8) is 0 Å². The Hall–Kier alpha value is -0.830. The number of hydrogen-bond acceptors (Lipinski definition) is 2. The molecule has 0 aliphatic carbocycles. The van der Waals surface area contributed by atoms with Crippen LogP contribution in [0.2, 0.25) is 0 Å². The summed E-state index contributed by atoms with van der Waals surface area (Å²) in [6.07, 6.45) is 5.36. The first-order valence-electron chi connectivity index (χ1n) is 6.25. The maximum atomic E-state index is 12.1. The highest BCUT2D eigenvalue weighted by Crippen LogP contribution is 2.09. The zero-order chi connectivity index (χ0) is 12.6. The summed E-state index contributed by atoms with van der Waals surface area (Å²) in [6, 6.07) is -0.154. The van der Waals surface area contributed by atoms with Gasteiger partial charge in [-0.25, -0.2) is 0 Å². The first-order valence-corrected chi connectivity index (χ1v) is 6.25. The van der Waals surface area contributed by atoms with Gasteiger partial charge in [0.2, 0.25) is 5.91 Å². The second-order valence-electron chi connectivity index (χ2n) is 4.27. The van der Waals surface area contributed by atoms with Gasteiger partial charge in [-0.1, -0.05) is 26.3 Å². The van der Waals surface area contributed by atoms with E-state index in [-0.39, 0.29) is 11.9 Å². The molecule has 0 fully saturated rings. The van der Waals surface area contributed by atoms with Crippen molar-refractivity contribution in [3.05, 3.63) is 12.7 Å². The minimum atomic E-state index is -0.427. The lowest BCUT2D eigenvalue weighted by atomic mass is 10.1. The molecule has 0 heterocycles. The fourth-order valence-corrected chi connectivity index (χ4v) is 1.59. The number of nitrogens with two attached hydrogens (primary N) is 1. The second kappa shape index (κ2) is 8.34. The maximum absolute atomic E-state index is 12.1. The summed E-state index contributed by atoms with van der Waals surface area (Å²) in [5, 5.41) is 0. The Kier molecular flexibility index (Phi) is 7.90. The van der Waals surface area contributed by atoms with Gasteiger partial charge in [-0.2, -0.15) is 0 Å². The molecular weight excluding hydrogens is 200 g/mol. The van der Waals surface area contributed by atoms with E-state index < -0.39 is 6.04 Å². The molecule has 0 aliphatic rings. The van der Waals surface area contributed by atoms with Crippen LogP contribution >= 0.6 is 0 Å². The van der Waals surface area contributed by atoms with E-state index in [2.05, 4.69) is 27.4 Å². The molecule has 2 unspecified atom stereocenters. The summed E-state index contributed by atoms with van der Waals surface area (Å²) in [5.41, 5.74) is 5.83. The van der Waals surface area contributed by atoms with Crippen molar-refractivity contribution in [3.8, 4) is 0 Å². The second-order valence-corrected chi connectivity index (χ2v) is 4.27. The Morgan fingerprint density at radius 3 is 2.56 bits per heavy atom. The third kappa shape index (κ3) is 4.79. The molecule has 0 aromatic carbocycles. The summed E-state index contributed by atoms with van der Waals surface area (Å²) in [5.74, 6) is 0.0581. The fraction of sp³-hybridized carbons (Fsp3) is 0.769. The van der Waals surface area contributed by atoms with Crippen LogP contribution in [-0.4, -0.2) is 29.4 Å². The molecule has 2 atom stereocenters. The van der Waals surface area contributed by atoms with Crippen molar-refractivity contribution in [2.24, 2.45) is 5.73 Å². The van der Waals surface area contributed by atoms with E-state index in [1.54, 1.807) is 6.08 Å². The Morgan fingerprint density at radius 2 is 2.12 bits per heavy atom. The van der Waals surface area contributed by atoms with Crippen molar-refractivity contribution in [2.75, 3.05) is 6.54 Å². The molecule has 0 saturated carbocycles. The third-order valence-electron chi connectivity index (χ3n) is 2.90. The first kappa shape index (κ1) is 15.2. The van der Waals surface area contributed by atoms with E-state index in [1.807, 2.05) is 4.90 Å². The zero-order valence-corrected chi connectivity index (χ0v) is 10.9. The van der Waals surface area contributed by atoms with Gasteiger partial charge in [-0.3, -0.25) is 4.79 Å². The normalized spacial score (nSPS) is 14.2. The average Bonchev–Trinajstić information content (AvgIpc) is 2.29. The van der Waals surface area contributed by atoms with E-state index in [1.165, 1.54) is 0 Å². The number of nitrogens with zero attached hydrogens (tertiary/aromatic N) is 1. The van der Waals surface area contributed by atoms with Gasteiger partial charge in [0.25, 0.3) is 0 Å². The zero-order valence-electron chi connectivity index (χ0n) is 10.9. The fourth-order valence-electron chi connectivity index (χ4n) is 1.59. The van der Waals surface area contributed by atoms with Crippen LogP contribution in [0.5, 0.6) is 0 Å². The molecule has 1 amide bonds. The summed E-state index contributed by atoms with van der Waals surface area (Å²) >= 11 is 0. The standard InChI is InChI=1S/C13H26N2O/c1-5-8-10-15(11(4)7-3)13(16)12(14)9-6-2/h6,11-12H,2,5,7-10,14H2,1,3-4H3. The Bertz CT molecular complexity index is 216. The lowest BCUT2D eigenvalue weighted by Gasteiger charge is -2.30. The Morgan fingerprint density at radius 1 is 1.50 bits per heavy atom. The van der Waals surface area contributed by atoms with Crippen LogP contribution in [0.4, 0.5) is 0 Å². The number of amides is 1. The highest BCUT2D eigenvalue weighted by Gasteiger charge is 2.22. The number of hydrogen-bond donors (Lipinski definition) is 1. The molecule has 0 aliphatic heterocycles. The van der Waals surface area contributed by atoms with Gasteiger partial charge < -0.3 is 10.6 Å². The number of rotatable bonds is 8. The summed E-state index contributed by atoms with van der Waals surface area (Å²) in [6.45, 7) is 10.7. The smallest absolute Gasteiger partial charge is 0.240 e. The summed E-state index contributed by atoms with van der Waals surface area (Å²) < 4.78 is 0. The monoisotopic (exact) mass is 226 g/mol. The molecule has 3 nitrogen and oxygen atoms in total. The first-order chi connectivity index (χ1) is 7.58. The van der Waals surface area contributed by atoms with Crippen LogP contribution in [0.25, 0.3) is 0 Å². The quantitative estimate of drug-likeness (QED) is 0.646. The van der Waals surface area contributed by atoms with Gasteiger partial charge >= 0.3 is 0 Å². The van der Waals surface area contributed by atoms with Gasteiger partial charge in [0, 0.05) is 12.6 Å². The molecule has 0 radical (unpaired) electrons. The van der Waals surface area contributed by atoms with Crippen molar-refractivity contribution in [1.29, 1.82) is 0 Å². The van der Waals surface area contributed by atoms with Gasteiger partial charge in [0.05, 0.1) is 6.04 Å². The molecular formula is C13H26N2O. The Labute approximate surface area is 99.7 Å². The Balaban J connectivity index is 4.47. The van der Waals surface area contributed by atoms with E-state index >= 15 is 0 Å². The molecule has 0 aromatic rings. The van der Waals surface area contributed by atoms with E-state index in [9.17, 15) is 4.79 Å². The third-order valence-corrected chi connectivity index (χ3v) is 2.90. The number of unbranched alkanes of at least 4 members (excludes halogenated alkanes) is 1. The van der Waals surface area contributed by atoms with E-state index in [0.29, 0.717) is 6.42 Å². The van der Waals surface area contributed by atoms with Gasteiger partial charge in [-0.15, -0.1) is 6.58 Å². The topological polar surface area (TPSA) is 46.3 Å². The molecule has 0 spiro atoms. The highest BCUT2D eigenvalue weighted by atomic mass is 16.2. The molecule has 0 saturated heterocycles. The van der Waals surface area contributed by atoms with E-state index in [4.69, 9.17) is 5.73 Å². The average molecular weight is 226 g/mol. The van der Waals surface area contributed by atoms with Crippen LogP contribution < -0.4 is 5.73 Å². The number of carbonyl (C=O) groups is 1. The highest BCUT2D eigenvalue weighted by molar-refractivity contribution is 5.82. The van der Waals surface area contributed by atoms with Crippen molar-refractivity contribution in [2.45, 2.75) is 58.5 Å². The van der Waals surface area contributed by atoms with Crippen molar-refractivity contribution in [1.82, 2.24) is 4.90 Å². The van der Waals surface area contributed by atoms with Crippen molar-refractivity contribution >= 4 is 5.91 Å². The minimum absolute atomic E-state index is 0.0581. The molecule has 16 heavy (non-hydrogen) atoms. The van der Waals surface area contributed by atoms with Gasteiger partial charge in [0.15, 0.2) is 0 Å². The van der Waals surface area contributed by atoms with Crippen molar-refractivity contribution < 1.29 is 4.79 Å². The van der Waals surface area contributed by atoms with Gasteiger partial charge in [0.1, 0.15) is 0 Å². The summed E-state index contributed by atoms with van der Waals surface area (Å²) in [7, 11) is 0. The maximum Gasteiger partial charge on any atom is 0.240 e. The van der Waals surface area contributed by atoms with Crippen LogP contribution in [0.1, 0.15) is 46.5 Å². The molecule has 3 heteroatoms. The van der Waals surface area contributed by atoms with Crippen LogP contribution in [0, 0.1) is 0 Å². The predicted octanol–water partition coefficient (Wildman–Crippen LogP) is 2.32. The summed E-state index contributed by atoms with van der Waals surface area (Å²) in [4.78, 5) is 14.0. The molecule has 0 rings (SSSR count).